The van der Waals surface area contributed by atoms with Crippen molar-refractivity contribution in [2.24, 2.45) is 5.92 Å². The Morgan fingerprint density at radius 3 is 2.28 bits per heavy atom. The first-order valence-electron chi connectivity index (χ1n) is 6.62. The van der Waals surface area contributed by atoms with Gasteiger partial charge in [-0.1, -0.05) is 37.6 Å². The molecule has 92 valence electrons. The van der Waals surface area contributed by atoms with Gasteiger partial charge in [0.25, 0.3) is 0 Å². The highest BCUT2D eigenvalue weighted by atomic mass is 16.1. The Morgan fingerprint density at radius 1 is 1.06 bits per heavy atom. The number of fused-ring (bicyclic) bond motifs is 1. The highest BCUT2D eigenvalue weighted by Crippen LogP contribution is 2.38. The SMILES string of the molecule is CCC1CCC2=C(C1)C(=O)c1ccccc1C2=O. The van der Waals surface area contributed by atoms with Gasteiger partial charge in [-0.25, -0.2) is 0 Å². The van der Waals surface area contributed by atoms with Crippen LogP contribution >= 0.6 is 0 Å². The number of rotatable bonds is 1. The molecule has 1 atom stereocenters. The first-order valence-corrected chi connectivity index (χ1v) is 6.62. The summed E-state index contributed by atoms with van der Waals surface area (Å²) >= 11 is 0. The predicted molar refractivity (Wildman–Crippen MR) is 69.8 cm³/mol. The quantitative estimate of drug-likeness (QED) is 0.752. The average Bonchev–Trinajstić information content (AvgIpc) is 2.44. The van der Waals surface area contributed by atoms with Crippen molar-refractivity contribution in [3.05, 3.63) is 46.5 Å². The van der Waals surface area contributed by atoms with Crippen LogP contribution in [0.5, 0.6) is 0 Å². The molecule has 0 spiro atoms. The third kappa shape index (κ3) is 1.56. The average molecular weight is 240 g/mol. The molecule has 3 rings (SSSR count). The van der Waals surface area contributed by atoms with Gasteiger partial charge >= 0.3 is 0 Å². The Bertz CT molecular complexity index is 566. The summed E-state index contributed by atoms with van der Waals surface area (Å²) < 4.78 is 0. The number of benzene rings is 1. The van der Waals surface area contributed by atoms with E-state index in [0.29, 0.717) is 17.0 Å². The minimum atomic E-state index is 0.0785. The maximum absolute atomic E-state index is 12.4. The van der Waals surface area contributed by atoms with E-state index >= 15 is 0 Å². The van der Waals surface area contributed by atoms with Crippen molar-refractivity contribution in [2.45, 2.75) is 32.6 Å². The molecule has 1 unspecified atom stereocenters. The number of hydrogen-bond donors (Lipinski definition) is 0. The summed E-state index contributed by atoms with van der Waals surface area (Å²) in [6, 6.07) is 7.20. The maximum Gasteiger partial charge on any atom is 0.190 e. The molecular formula is C16H16O2. The van der Waals surface area contributed by atoms with Crippen LogP contribution in [0.25, 0.3) is 0 Å². The van der Waals surface area contributed by atoms with Crippen LogP contribution in [0.4, 0.5) is 0 Å². The minimum Gasteiger partial charge on any atom is -0.289 e. The van der Waals surface area contributed by atoms with Gasteiger partial charge in [0.15, 0.2) is 11.6 Å². The largest absolute Gasteiger partial charge is 0.289 e. The number of Topliss-reactive ketones (excluding diaryl/α,β-unsaturated/α-hetero) is 2. The zero-order valence-electron chi connectivity index (χ0n) is 10.5. The molecule has 2 aliphatic rings. The van der Waals surface area contributed by atoms with Crippen molar-refractivity contribution >= 4 is 11.6 Å². The molecule has 0 heterocycles. The van der Waals surface area contributed by atoms with E-state index in [1.54, 1.807) is 12.1 Å². The van der Waals surface area contributed by atoms with E-state index in [2.05, 4.69) is 6.92 Å². The molecule has 2 aliphatic carbocycles. The highest BCUT2D eigenvalue weighted by molar-refractivity contribution is 6.27. The van der Waals surface area contributed by atoms with Crippen molar-refractivity contribution < 1.29 is 9.59 Å². The van der Waals surface area contributed by atoms with E-state index < -0.39 is 0 Å². The van der Waals surface area contributed by atoms with Gasteiger partial charge in [0.1, 0.15) is 0 Å². The molecule has 0 N–H and O–H groups in total. The first kappa shape index (κ1) is 11.4. The van der Waals surface area contributed by atoms with Crippen LogP contribution in [-0.4, -0.2) is 11.6 Å². The van der Waals surface area contributed by atoms with E-state index in [1.807, 2.05) is 12.1 Å². The fourth-order valence-electron chi connectivity index (χ4n) is 3.05. The zero-order chi connectivity index (χ0) is 12.7. The maximum atomic E-state index is 12.4. The topological polar surface area (TPSA) is 34.1 Å². The van der Waals surface area contributed by atoms with E-state index in [-0.39, 0.29) is 11.6 Å². The van der Waals surface area contributed by atoms with Crippen molar-refractivity contribution in [3.63, 3.8) is 0 Å². The summed E-state index contributed by atoms with van der Waals surface area (Å²) in [7, 11) is 0. The minimum absolute atomic E-state index is 0.0785. The normalized spacial score (nSPS) is 22.8. The van der Waals surface area contributed by atoms with Crippen molar-refractivity contribution in [3.8, 4) is 0 Å². The highest BCUT2D eigenvalue weighted by Gasteiger charge is 2.34. The van der Waals surface area contributed by atoms with Gasteiger partial charge < -0.3 is 0 Å². The molecular weight excluding hydrogens is 224 g/mol. The molecule has 1 aromatic carbocycles. The fourth-order valence-corrected chi connectivity index (χ4v) is 3.05. The summed E-state index contributed by atoms with van der Waals surface area (Å²) in [5, 5.41) is 0. The zero-order valence-corrected chi connectivity index (χ0v) is 10.5. The van der Waals surface area contributed by atoms with Gasteiger partial charge in [0.05, 0.1) is 0 Å². The molecule has 0 aromatic heterocycles. The molecule has 0 fully saturated rings. The number of carbonyl (C=O) groups is 2. The lowest BCUT2D eigenvalue weighted by molar-refractivity contribution is 0.0959. The van der Waals surface area contributed by atoms with E-state index in [0.717, 1.165) is 36.8 Å². The Kier molecular flexibility index (Phi) is 2.66. The molecule has 0 radical (unpaired) electrons. The lowest BCUT2D eigenvalue weighted by Gasteiger charge is -2.28. The van der Waals surface area contributed by atoms with Crippen LogP contribution in [0.15, 0.2) is 35.4 Å². The van der Waals surface area contributed by atoms with Crippen molar-refractivity contribution in [1.29, 1.82) is 0 Å². The Morgan fingerprint density at radius 2 is 1.67 bits per heavy atom. The summed E-state index contributed by atoms with van der Waals surface area (Å²) in [5.41, 5.74) is 2.76. The molecule has 18 heavy (non-hydrogen) atoms. The van der Waals surface area contributed by atoms with Gasteiger partial charge in [-0.15, -0.1) is 0 Å². The predicted octanol–water partition coefficient (Wildman–Crippen LogP) is 3.57. The molecule has 2 nitrogen and oxygen atoms in total. The van der Waals surface area contributed by atoms with Gasteiger partial charge in [0.2, 0.25) is 0 Å². The summed E-state index contributed by atoms with van der Waals surface area (Å²) in [6.07, 6.45) is 3.67. The van der Waals surface area contributed by atoms with Crippen LogP contribution in [0, 0.1) is 5.92 Å². The van der Waals surface area contributed by atoms with Gasteiger partial charge in [-0.05, 0) is 25.2 Å². The van der Waals surface area contributed by atoms with Gasteiger partial charge in [-0.3, -0.25) is 9.59 Å². The van der Waals surface area contributed by atoms with E-state index in [4.69, 9.17) is 0 Å². The van der Waals surface area contributed by atoms with Crippen molar-refractivity contribution in [1.82, 2.24) is 0 Å². The molecule has 0 amide bonds. The first-order chi connectivity index (χ1) is 8.72. The smallest absolute Gasteiger partial charge is 0.190 e. The number of ketones is 2. The van der Waals surface area contributed by atoms with Gasteiger partial charge in [0, 0.05) is 22.3 Å². The second kappa shape index (κ2) is 4.20. The third-order valence-corrected chi connectivity index (χ3v) is 4.20. The summed E-state index contributed by atoms with van der Waals surface area (Å²) in [4.78, 5) is 24.8. The van der Waals surface area contributed by atoms with Crippen LogP contribution in [0.1, 0.15) is 53.3 Å². The number of carbonyl (C=O) groups excluding carboxylic acids is 2. The number of allylic oxidation sites excluding steroid dienone is 2. The Balaban J connectivity index is 2.10. The molecule has 0 saturated heterocycles. The van der Waals surface area contributed by atoms with E-state index in [1.165, 1.54) is 0 Å². The van der Waals surface area contributed by atoms with Crippen molar-refractivity contribution in [2.75, 3.05) is 0 Å². The fraction of sp³-hybridized carbons (Fsp3) is 0.375. The second-order valence-electron chi connectivity index (χ2n) is 5.18. The van der Waals surface area contributed by atoms with Crippen LogP contribution in [-0.2, 0) is 0 Å². The van der Waals surface area contributed by atoms with Crippen LogP contribution in [0.2, 0.25) is 0 Å². The molecule has 0 aliphatic heterocycles. The third-order valence-electron chi connectivity index (χ3n) is 4.20. The second-order valence-corrected chi connectivity index (χ2v) is 5.18. The van der Waals surface area contributed by atoms with Crippen LogP contribution in [0.3, 0.4) is 0 Å². The van der Waals surface area contributed by atoms with E-state index in [9.17, 15) is 9.59 Å². The standard InChI is InChI=1S/C16H16O2/c1-2-10-7-8-13-14(9-10)16(18)12-6-4-3-5-11(12)15(13)17/h3-6,10H,2,7-9H2,1H3. The van der Waals surface area contributed by atoms with Crippen LogP contribution < -0.4 is 0 Å². The lowest BCUT2D eigenvalue weighted by Crippen LogP contribution is -2.26. The Hall–Kier alpha value is -1.70. The molecule has 2 heteroatoms. The summed E-state index contributed by atoms with van der Waals surface area (Å²) in [5.74, 6) is 0.721. The molecule has 0 saturated carbocycles. The Labute approximate surface area is 107 Å². The lowest BCUT2D eigenvalue weighted by atomic mass is 9.73. The molecule has 1 aromatic rings. The monoisotopic (exact) mass is 240 g/mol. The molecule has 0 bridgehead atoms. The number of hydrogen-bond acceptors (Lipinski definition) is 2. The summed E-state index contributed by atoms with van der Waals surface area (Å²) in [6.45, 7) is 2.15. The van der Waals surface area contributed by atoms with Gasteiger partial charge in [-0.2, -0.15) is 0 Å².